The molecule has 128 valence electrons. The van der Waals surface area contributed by atoms with Crippen molar-refractivity contribution in [1.82, 2.24) is 4.98 Å². The number of hydrogen-bond acceptors (Lipinski definition) is 5. The fraction of sp³-hybridized carbons (Fsp3) is 0.444. The maximum Gasteiger partial charge on any atom is 0.185 e. The standard InChI is InChI=1S/C18H21FN2O2S/c1-13(22)17(14-2-4-15(19)5-3-14)7-6-16-12-24-18(20-16)21-8-10-23-11-9-21/h2-5,12,17H,6-11H2,1H3. The van der Waals surface area contributed by atoms with Crippen molar-refractivity contribution in [1.29, 1.82) is 0 Å². The topological polar surface area (TPSA) is 42.4 Å². The minimum absolute atomic E-state index is 0.102. The van der Waals surface area contributed by atoms with Crippen LogP contribution in [0.2, 0.25) is 0 Å². The number of carbonyl (C=O) groups is 1. The normalized spacial score (nSPS) is 16.2. The predicted octanol–water partition coefficient (Wildman–Crippen LogP) is 3.42. The molecule has 0 spiro atoms. The van der Waals surface area contributed by atoms with Crippen LogP contribution in [-0.4, -0.2) is 37.1 Å². The lowest BCUT2D eigenvalue weighted by Gasteiger charge is -2.26. The summed E-state index contributed by atoms with van der Waals surface area (Å²) in [7, 11) is 0. The van der Waals surface area contributed by atoms with Crippen LogP contribution >= 0.6 is 11.3 Å². The van der Waals surface area contributed by atoms with Crippen molar-refractivity contribution in [2.75, 3.05) is 31.2 Å². The number of nitrogens with zero attached hydrogens (tertiary/aromatic N) is 2. The molecular formula is C18H21FN2O2S. The van der Waals surface area contributed by atoms with Crippen LogP contribution in [0.1, 0.15) is 30.5 Å². The molecule has 4 nitrogen and oxygen atoms in total. The zero-order valence-electron chi connectivity index (χ0n) is 13.7. The molecule has 1 aromatic carbocycles. The Labute approximate surface area is 145 Å². The summed E-state index contributed by atoms with van der Waals surface area (Å²) < 4.78 is 18.4. The number of anilines is 1. The summed E-state index contributed by atoms with van der Waals surface area (Å²) in [4.78, 5) is 18.9. The summed E-state index contributed by atoms with van der Waals surface area (Å²) in [6.07, 6.45) is 1.43. The third-order valence-electron chi connectivity index (χ3n) is 4.27. The highest BCUT2D eigenvalue weighted by molar-refractivity contribution is 7.13. The van der Waals surface area contributed by atoms with Crippen molar-refractivity contribution in [3.05, 3.63) is 46.7 Å². The van der Waals surface area contributed by atoms with Gasteiger partial charge < -0.3 is 9.64 Å². The number of benzene rings is 1. The number of ketones is 1. The minimum Gasteiger partial charge on any atom is -0.378 e. The molecule has 1 fully saturated rings. The molecule has 0 radical (unpaired) electrons. The van der Waals surface area contributed by atoms with E-state index in [0.717, 1.165) is 49.1 Å². The second kappa shape index (κ2) is 7.85. The van der Waals surface area contributed by atoms with E-state index in [-0.39, 0.29) is 17.5 Å². The van der Waals surface area contributed by atoms with E-state index < -0.39 is 0 Å². The molecule has 1 aromatic heterocycles. The van der Waals surface area contributed by atoms with Gasteiger partial charge in [-0.2, -0.15) is 0 Å². The Morgan fingerprint density at radius 3 is 2.71 bits per heavy atom. The summed E-state index contributed by atoms with van der Waals surface area (Å²) in [5.41, 5.74) is 1.88. The third kappa shape index (κ3) is 4.19. The van der Waals surface area contributed by atoms with Crippen molar-refractivity contribution in [3.8, 4) is 0 Å². The second-order valence-corrected chi connectivity index (χ2v) is 6.81. The first kappa shape index (κ1) is 17.0. The fourth-order valence-corrected chi connectivity index (χ4v) is 3.82. The Bertz CT molecular complexity index is 681. The zero-order chi connectivity index (χ0) is 16.9. The molecule has 1 aliphatic heterocycles. The molecule has 2 heterocycles. The first-order chi connectivity index (χ1) is 11.6. The van der Waals surface area contributed by atoms with Crippen molar-refractivity contribution >= 4 is 22.3 Å². The minimum atomic E-state index is -0.282. The van der Waals surface area contributed by atoms with Crippen LogP contribution in [-0.2, 0) is 16.0 Å². The van der Waals surface area contributed by atoms with Gasteiger partial charge in [-0.1, -0.05) is 12.1 Å². The number of rotatable bonds is 6. The van der Waals surface area contributed by atoms with Gasteiger partial charge in [0.1, 0.15) is 11.6 Å². The van der Waals surface area contributed by atoms with Crippen LogP contribution in [0.3, 0.4) is 0 Å². The average Bonchev–Trinajstić information content (AvgIpc) is 3.06. The number of halogens is 1. The molecule has 2 aromatic rings. The van der Waals surface area contributed by atoms with Gasteiger partial charge in [0.15, 0.2) is 5.13 Å². The number of morpholine rings is 1. The molecule has 0 aliphatic carbocycles. The van der Waals surface area contributed by atoms with E-state index in [1.54, 1.807) is 30.4 Å². The van der Waals surface area contributed by atoms with Crippen molar-refractivity contribution in [3.63, 3.8) is 0 Å². The molecule has 1 atom stereocenters. The van der Waals surface area contributed by atoms with Gasteiger partial charge in [0.05, 0.1) is 18.9 Å². The van der Waals surface area contributed by atoms with Gasteiger partial charge in [-0.3, -0.25) is 4.79 Å². The molecule has 6 heteroatoms. The highest BCUT2D eigenvalue weighted by Gasteiger charge is 2.19. The maximum absolute atomic E-state index is 13.1. The van der Waals surface area contributed by atoms with E-state index in [1.165, 1.54) is 12.1 Å². The van der Waals surface area contributed by atoms with E-state index in [9.17, 15) is 9.18 Å². The van der Waals surface area contributed by atoms with Crippen LogP contribution in [0.15, 0.2) is 29.6 Å². The van der Waals surface area contributed by atoms with Crippen LogP contribution in [0, 0.1) is 5.82 Å². The molecule has 24 heavy (non-hydrogen) atoms. The lowest BCUT2D eigenvalue weighted by atomic mass is 9.90. The summed E-state index contributed by atoms with van der Waals surface area (Å²) in [5, 5.41) is 3.08. The Hall–Kier alpha value is -1.79. The number of hydrogen-bond donors (Lipinski definition) is 0. The Morgan fingerprint density at radius 2 is 2.04 bits per heavy atom. The van der Waals surface area contributed by atoms with E-state index >= 15 is 0 Å². The van der Waals surface area contributed by atoms with Gasteiger partial charge in [0.25, 0.3) is 0 Å². The molecule has 1 unspecified atom stereocenters. The number of thiazole rings is 1. The van der Waals surface area contributed by atoms with Crippen molar-refractivity contribution < 1.29 is 13.9 Å². The number of aromatic nitrogens is 1. The highest BCUT2D eigenvalue weighted by Crippen LogP contribution is 2.26. The summed E-state index contributed by atoms with van der Waals surface area (Å²) in [6.45, 7) is 4.82. The average molecular weight is 348 g/mol. The van der Waals surface area contributed by atoms with Gasteiger partial charge in [0.2, 0.25) is 0 Å². The molecule has 0 amide bonds. The lowest BCUT2D eigenvalue weighted by Crippen LogP contribution is -2.36. The highest BCUT2D eigenvalue weighted by atomic mass is 32.1. The Morgan fingerprint density at radius 1 is 1.33 bits per heavy atom. The third-order valence-corrected chi connectivity index (χ3v) is 5.22. The maximum atomic E-state index is 13.1. The second-order valence-electron chi connectivity index (χ2n) is 5.97. The van der Waals surface area contributed by atoms with Gasteiger partial charge in [-0.05, 0) is 37.5 Å². The first-order valence-electron chi connectivity index (χ1n) is 8.16. The fourth-order valence-electron chi connectivity index (χ4n) is 2.90. The lowest BCUT2D eigenvalue weighted by molar-refractivity contribution is -0.118. The number of carbonyl (C=O) groups excluding carboxylic acids is 1. The smallest absolute Gasteiger partial charge is 0.185 e. The van der Waals surface area contributed by atoms with Gasteiger partial charge in [-0.15, -0.1) is 11.3 Å². The van der Waals surface area contributed by atoms with Crippen LogP contribution < -0.4 is 4.90 Å². The zero-order valence-corrected chi connectivity index (χ0v) is 14.5. The molecule has 1 saturated heterocycles. The van der Waals surface area contributed by atoms with E-state index in [1.807, 2.05) is 0 Å². The molecule has 1 aliphatic rings. The van der Waals surface area contributed by atoms with Crippen molar-refractivity contribution in [2.45, 2.75) is 25.7 Å². The van der Waals surface area contributed by atoms with Gasteiger partial charge in [0, 0.05) is 24.4 Å². The quantitative estimate of drug-likeness (QED) is 0.802. The first-order valence-corrected chi connectivity index (χ1v) is 9.04. The van der Waals surface area contributed by atoms with Crippen LogP contribution in [0.5, 0.6) is 0 Å². The summed E-state index contributed by atoms with van der Waals surface area (Å²) in [6, 6.07) is 6.21. The van der Waals surface area contributed by atoms with Crippen LogP contribution in [0.4, 0.5) is 9.52 Å². The van der Waals surface area contributed by atoms with E-state index in [0.29, 0.717) is 6.42 Å². The molecule has 0 saturated carbocycles. The number of Topliss-reactive ketones (excluding diaryl/α,β-unsaturated/α-hetero) is 1. The molecule has 0 N–H and O–H groups in total. The number of aryl methyl sites for hydroxylation is 1. The van der Waals surface area contributed by atoms with Crippen LogP contribution in [0.25, 0.3) is 0 Å². The van der Waals surface area contributed by atoms with Crippen molar-refractivity contribution in [2.24, 2.45) is 0 Å². The monoisotopic (exact) mass is 348 g/mol. The Kier molecular flexibility index (Phi) is 5.58. The molecule has 0 bridgehead atoms. The molecule has 3 rings (SSSR count). The predicted molar refractivity (Wildman–Crippen MR) is 93.3 cm³/mol. The SMILES string of the molecule is CC(=O)C(CCc1csc(N2CCOCC2)n1)c1ccc(F)cc1. The largest absolute Gasteiger partial charge is 0.378 e. The summed E-state index contributed by atoms with van der Waals surface area (Å²) in [5.74, 6) is -0.389. The Balaban J connectivity index is 1.63. The van der Waals surface area contributed by atoms with E-state index in [2.05, 4.69) is 10.3 Å². The molecular weight excluding hydrogens is 327 g/mol. The van der Waals surface area contributed by atoms with E-state index in [4.69, 9.17) is 9.72 Å². The number of ether oxygens (including phenoxy) is 1. The van der Waals surface area contributed by atoms with Gasteiger partial charge >= 0.3 is 0 Å². The van der Waals surface area contributed by atoms with Gasteiger partial charge in [-0.25, -0.2) is 9.37 Å². The summed E-state index contributed by atoms with van der Waals surface area (Å²) >= 11 is 1.64.